The lowest BCUT2D eigenvalue weighted by atomic mass is 10.1. The van der Waals surface area contributed by atoms with Crippen molar-refractivity contribution >= 4 is 36.5 Å². The van der Waals surface area contributed by atoms with Crippen LogP contribution in [0.15, 0.2) is 12.1 Å². The molecule has 2 heterocycles. The number of rotatable bonds is 7. The van der Waals surface area contributed by atoms with Gasteiger partial charge in [-0.05, 0) is 25.1 Å². The molecule has 0 aliphatic carbocycles. The third kappa shape index (κ3) is 4.44. The molecule has 1 fully saturated rings. The smallest absolute Gasteiger partial charge is 0.363 e. The molecule has 1 aliphatic heterocycles. The molecule has 1 aliphatic rings. The number of ether oxygens (including phenoxy) is 2. The monoisotopic (exact) mass is 331 g/mol. The molecule has 0 spiro atoms. The van der Waals surface area contributed by atoms with Crippen molar-refractivity contribution in [3.8, 4) is 0 Å². The van der Waals surface area contributed by atoms with Gasteiger partial charge < -0.3 is 18.9 Å². The fraction of sp³-hybridized carbons (Fsp3) is 0.615. The summed E-state index contributed by atoms with van der Waals surface area (Å²) in [5, 5.41) is 0.0918. The Bertz CT molecular complexity index is 471. The third-order valence-corrected chi connectivity index (χ3v) is 5.00. The van der Waals surface area contributed by atoms with Crippen LogP contribution in [0.25, 0.3) is 0 Å². The molecule has 0 aromatic carbocycles. The molecule has 0 saturated carbocycles. The first-order valence-electron chi connectivity index (χ1n) is 6.77. The number of carbonyl (C=O) groups excluding carboxylic acids is 1. The van der Waals surface area contributed by atoms with Gasteiger partial charge in [-0.1, -0.05) is 0 Å². The fourth-order valence-electron chi connectivity index (χ4n) is 2.36. The normalized spacial score (nSPS) is 22.4. The largest absolute Gasteiger partial charge is 0.465 e. The molecular weight excluding hydrogens is 312 g/mol. The molecule has 5 nitrogen and oxygen atoms in total. The van der Waals surface area contributed by atoms with Crippen molar-refractivity contribution in [2.24, 2.45) is 0 Å². The van der Waals surface area contributed by atoms with Crippen molar-refractivity contribution in [3.05, 3.63) is 21.9 Å². The quantitative estimate of drug-likeness (QED) is 0.432. The fourth-order valence-corrected chi connectivity index (χ4v) is 3.55. The number of esters is 1. The average molecular weight is 332 g/mol. The summed E-state index contributed by atoms with van der Waals surface area (Å²) in [5.74, 6) is -0.311. The van der Waals surface area contributed by atoms with Crippen molar-refractivity contribution in [1.29, 1.82) is 0 Å². The second-order valence-corrected chi connectivity index (χ2v) is 6.60. The highest BCUT2D eigenvalue weighted by Crippen LogP contribution is 2.23. The zero-order chi connectivity index (χ0) is 15.2. The predicted octanol–water partition coefficient (Wildman–Crippen LogP) is 1.65. The SMILES string of the molecule is COBN1CCC(Cl)[C@@H]1COCc1ccc(C(=O)OC)s1. The molecule has 0 radical (unpaired) electrons. The lowest BCUT2D eigenvalue weighted by Gasteiger charge is -2.24. The summed E-state index contributed by atoms with van der Waals surface area (Å²) in [4.78, 5) is 15.2. The van der Waals surface area contributed by atoms with Gasteiger partial charge in [0.1, 0.15) is 4.88 Å². The summed E-state index contributed by atoms with van der Waals surface area (Å²) in [6.45, 7) is 1.97. The van der Waals surface area contributed by atoms with E-state index in [0.717, 1.165) is 17.8 Å². The van der Waals surface area contributed by atoms with E-state index in [0.29, 0.717) is 25.7 Å². The number of carbonyl (C=O) groups is 1. The van der Waals surface area contributed by atoms with Gasteiger partial charge in [0.25, 0.3) is 0 Å². The van der Waals surface area contributed by atoms with E-state index in [1.807, 2.05) is 6.07 Å². The highest BCUT2D eigenvalue weighted by atomic mass is 35.5. The van der Waals surface area contributed by atoms with Crippen LogP contribution in [0, 0.1) is 0 Å². The van der Waals surface area contributed by atoms with E-state index in [4.69, 9.17) is 21.0 Å². The van der Waals surface area contributed by atoms with Crippen LogP contribution in [0.5, 0.6) is 0 Å². The summed E-state index contributed by atoms with van der Waals surface area (Å²) >= 11 is 7.71. The van der Waals surface area contributed by atoms with Crippen LogP contribution in [-0.2, 0) is 20.7 Å². The minimum Gasteiger partial charge on any atom is -0.465 e. The highest BCUT2D eigenvalue weighted by molar-refractivity contribution is 7.13. The van der Waals surface area contributed by atoms with E-state index >= 15 is 0 Å². The number of nitrogens with zero attached hydrogens (tertiary/aromatic N) is 1. The number of thiophene rings is 1. The summed E-state index contributed by atoms with van der Waals surface area (Å²) in [7, 11) is 3.63. The number of hydrogen-bond acceptors (Lipinski definition) is 6. The highest BCUT2D eigenvalue weighted by Gasteiger charge is 2.33. The third-order valence-electron chi connectivity index (χ3n) is 3.45. The number of hydrogen-bond donors (Lipinski definition) is 0. The number of alkyl halides is 1. The molecule has 1 aromatic heterocycles. The van der Waals surface area contributed by atoms with Crippen LogP contribution in [0.1, 0.15) is 21.0 Å². The summed E-state index contributed by atoms with van der Waals surface area (Å²) < 4.78 is 15.6. The summed E-state index contributed by atoms with van der Waals surface area (Å²) in [6.07, 6.45) is 0.949. The molecule has 1 unspecified atom stereocenters. The number of halogens is 1. The molecular formula is C13H19BClNO4S. The minimum absolute atomic E-state index is 0.0918. The molecule has 116 valence electrons. The molecule has 0 amide bonds. The second kappa shape index (κ2) is 8.15. The Kier molecular flexibility index (Phi) is 6.51. The maximum Gasteiger partial charge on any atom is 0.363 e. The van der Waals surface area contributed by atoms with Gasteiger partial charge in [-0.2, -0.15) is 0 Å². The average Bonchev–Trinajstić information content (AvgIpc) is 3.08. The minimum atomic E-state index is -0.311. The van der Waals surface area contributed by atoms with E-state index in [1.54, 1.807) is 13.2 Å². The molecule has 0 N–H and O–H groups in total. The van der Waals surface area contributed by atoms with E-state index in [-0.39, 0.29) is 17.4 Å². The molecule has 2 atom stereocenters. The lowest BCUT2D eigenvalue weighted by molar-refractivity contribution is 0.0606. The maximum atomic E-state index is 11.4. The van der Waals surface area contributed by atoms with Crippen molar-refractivity contribution in [2.45, 2.75) is 24.4 Å². The Morgan fingerprint density at radius 2 is 2.33 bits per heavy atom. The van der Waals surface area contributed by atoms with Crippen LogP contribution in [-0.4, -0.2) is 57.2 Å². The van der Waals surface area contributed by atoms with Crippen LogP contribution in [0.4, 0.5) is 0 Å². The lowest BCUT2D eigenvalue weighted by Crippen LogP contribution is -2.40. The van der Waals surface area contributed by atoms with Gasteiger partial charge in [-0.3, -0.25) is 0 Å². The van der Waals surface area contributed by atoms with Gasteiger partial charge in [0.05, 0.1) is 25.7 Å². The standard InChI is InChI=1S/C13H19BClNO4S/c1-18-13(17)12-4-3-9(21-12)7-20-8-11-10(15)5-6-16(11)14-19-2/h3-4,10-11,14H,5-8H2,1-2H3/t10?,11-/m0/s1. The molecule has 1 saturated heterocycles. The molecule has 0 bridgehead atoms. The molecule has 21 heavy (non-hydrogen) atoms. The van der Waals surface area contributed by atoms with Crippen molar-refractivity contribution in [2.75, 3.05) is 27.4 Å². The van der Waals surface area contributed by atoms with Crippen LogP contribution in [0.3, 0.4) is 0 Å². The van der Waals surface area contributed by atoms with Crippen LogP contribution >= 0.6 is 22.9 Å². The first-order chi connectivity index (χ1) is 10.2. The van der Waals surface area contributed by atoms with Gasteiger partial charge in [-0.15, -0.1) is 22.9 Å². The second-order valence-electron chi connectivity index (χ2n) is 4.87. The topological polar surface area (TPSA) is 48.0 Å². The van der Waals surface area contributed by atoms with E-state index in [9.17, 15) is 4.79 Å². The Balaban J connectivity index is 1.80. The molecule has 1 aromatic rings. The maximum absolute atomic E-state index is 11.4. The van der Waals surface area contributed by atoms with Crippen molar-refractivity contribution < 1.29 is 18.9 Å². The van der Waals surface area contributed by atoms with Crippen LogP contribution < -0.4 is 0 Å². The zero-order valence-corrected chi connectivity index (χ0v) is 13.8. The summed E-state index contributed by atoms with van der Waals surface area (Å²) in [6, 6.07) is 3.81. The predicted molar refractivity (Wildman–Crippen MR) is 84.2 cm³/mol. The summed E-state index contributed by atoms with van der Waals surface area (Å²) in [5.41, 5.74) is 0. The van der Waals surface area contributed by atoms with Gasteiger partial charge in [0, 0.05) is 18.0 Å². The zero-order valence-electron chi connectivity index (χ0n) is 12.2. The van der Waals surface area contributed by atoms with Gasteiger partial charge in [0.15, 0.2) is 0 Å². The van der Waals surface area contributed by atoms with Crippen molar-refractivity contribution in [3.63, 3.8) is 0 Å². The van der Waals surface area contributed by atoms with Gasteiger partial charge >= 0.3 is 13.6 Å². The Labute approximate surface area is 134 Å². The van der Waals surface area contributed by atoms with Crippen LogP contribution in [0.2, 0.25) is 0 Å². The van der Waals surface area contributed by atoms with Gasteiger partial charge in [-0.25, -0.2) is 4.79 Å². The molecule has 8 heteroatoms. The van der Waals surface area contributed by atoms with E-state index < -0.39 is 0 Å². The first kappa shape index (κ1) is 16.8. The first-order valence-corrected chi connectivity index (χ1v) is 8.02. The van der Waals surface area contributed by atoms with Crippen molar-refractivity contribution in [1.82, 2.24) is 4.81 Å². The van der Waals surface area contributed by atoms with E-state index in [1.165, 1.54) is 18.4 Å². The molecule has 2 rings (SSSR count). The Morgan fingerprint density at radius 1 is 1.52 bits per heavy atom. The van der Waals surface area contributed by atoms with E-state index in [2.05, 4.69) is 9.55 Å². The van der Waals surface area contributed by atoms with Gasteiger partial charge in [0.2, 0.25) is 0 Å². The number of methoxy groups -OCH3 is 1. The Morgan fingerprint density at radius 3 is 3.05 bits per heavy atom. The Hall–Kier alpha value is -0.595.